The van der Waals surface area contributed by atoms with Crippen molar-refractivity contribution in [2.75, 3.05) is 19.0 Å². The molecule has 2 aromatic carbocycles. The van der Waals surface area contributed by atoms with Crippen molar-refractivity contribution in [3.05, 3.63) is 77.0 Å². The van der Waals surface area contributed by atoms with Gasteiger partial charge in [-0.25, -0.2) is 9.78 Å². The van der Waals surface area contributed by atoms with E-state index >= 15 is 0 Å². The highest BCUT2D eigenvalue weighted by molar-refractivity contribution is 6.09. The fourth-order valence-corrected chi connectivity index (χ4v) is 3.79. The SMILES string of the molecule is COc1ccc(-c2ccc(C(=O)NC(CO)C(C)(C)C)cc2C(=O)O)c(C(=O)Nc2cccc(CN)c2)n1. The van der Waals surface area contributed by atoms with Crippen LogP contribution >= 0.6 is 0 Å². The minimum atomic E-state index is -1.29. The number of ether oxygens (including phenoxy) is 1. The Hall–Kier alpha value is -4.28. The lowest BCUT2D eigenvalue weighted by atomic mass is 9.87. The highest BCUT2D eigenvalue weighted by Crippen LogP contribution is 2.30. The highest BCUT2D eigenvalue weighted by Gasteiger charge is 2.27. The van der Waals surface area contributed by atoms with Crippen LogP contribution in [0.2, 0.25) is 0 Å². The predicted molar refractivity (Wildman–Crippen MR) is 143 cm³/mol. The van der Waals surface area contributed by atoms with Crippen LogP contribution in [0.1, 0.15) is 57.5 Å². The summed E-state index contributed by atoms with van der Waals surface area (Å²) < 4.78 is 5.19. The van der Waals surface area contributed by atoms with E-state index in [1.54, 1.807) is 24.3 Å². The van der Waals surface area contributed by atoms with Gasteiger partial charge in [-0.15, -0.1) is 0 Å². The van der Waals surface area contributed by atoms with E-state index in [2.05, 4.69) is 15.6 Å². The maximum atomic E-state index is 13.3. The number of carboxylic acids is 1. The monoisotopic (exact) mass is 520 g/mol. The van der Waals surface area contributed by atoms with E-state index in [0.717, 1.165) is 5.56 Å². The topological polar surface area (TPSA) is 164 Å². The van der Waals surface area contributed by atoms with Crippen molar-refractivity contribution in [3.63, 3.8) is 0 Å². The second-order valence-electron chi connectivity index (χ2n) is 9.75. The number of aromatic nitrogens is 1. The Labute approximate surface area is 220 Å². The number of pyridine rings is 1. The number of carbonyl (C=O) groups is 3. The standard InChI is InChI=1S/C28H32N4O6/c1-28(2,3)22(15-33)31-25(34)17-8-9-19(21(13-17)27(36)37)20-10-11-23(38-4)32-24(20)26(35)30-18-7-5-6-16(12-18)14-29/h5-13,22,33H,14-15,29H2,1-4H3,(H,30,35)(H,31,34)(H,36,37). The van der Waals surface area contributed by atoms with E-state index < -0.39 is 29.2 Å². The molecule has 1 aromatic heterocycles. The van der Waals surface area contributed by atoms with Gasteiger partial charge in [-0.2, -0.15) is 0 Å². The number of methoxy groups -OCH3 is 1. The minimum absolute atomic E-state index is 0.0599. The van der Waals surface area contributed by atoms with Crippen LogP contribution in [-0.4, -0.2) is 52.7 Å². The quantitative estimate of drug-likeness (QED) is 0.287. The van der Waals surface area contributed by atoms with E-state index in [1.807, 2.05) is 26.8 Å². The van der Waals surface area contributed by atoms with Crippen molar-refractivity contribution in [2.45, 2.75) is 33.4 Å². The molecule has 6 N–H and O–H groups in total. The first-order valence-corrected chi connectivity index (χ1v) is 11.9. The maximum absolute atomic E-state index is 13.3. The number of nitrogens with one attached hydrogen (secondary N) is 2. The summed E-state index contributed by atoms with van der Waals surface area (Å²) in [6, 6.07) is 13.7. The molecule has 2 amide bonds. The molecule has 38 heavy (non-hydrogen) atoms. The number of carboxylic acid groups (broad SMARTS) is 1. The first-order chi connectivity index (χ1) is 18.0. The van der Waals surface area contributed by atoms with E-state index in [-0.39, 0.29) is 40.4 Å². The zero-order valence-corrected chi connectivity index (χ0v) is 21.7. The van der Waals surface area contributed by atoms with E-state index in [9.17, 15) is 24.6 Å². The number of nitrogens with two attached hydrogens (primary N) is 1. The number of rotatable bonds is 9. The molecule has 0 aliphatic rings. The van der Waals surface area contributed by atoms with Crippen LogP contribution in [0.4, 0.5) is 5.69 Å². The second kappa shape index (κ2) is 11.8. The molecule has 0 spiro atoms. The van der Waals surface area contributed by atoms with Gasteiger partial charge < -0.3 is 31.3 Å². The highest BCUT2D eigenvalue weighted by atomic mass is 16.5. The molecule has 3 aromatic rings. The lowest BCUT2D eigenvalue weighted by Gasteiger charge is -2.29. The van der Waals surface area contributed by atoms with Crippen LogP contribution in [-0.2, 0) is 6.54 Å². The van der Waals surface area contributed by atoms with Gasteiger partial charge in [0.05, 0.1) is 25.3 Å². The Balaban J connectivity index is 2.04. The Bertz CT molecular complexity index is 1350. The zero-order valence-electron chi connectivity index (χ0n) is 21.7. The molecule has 0 aliphatic carbocycles. The minimum Gasteiger partial charge on any atom is -0.481 e. The van der Waals surface area contributed by atoms with Crippen molar-refractivity contribution < 1.29 is 29.3 Å². The third kappa shape index (κ3) is 6.53. The van der Waals surface area contributed by atoms with Crippen molar-refractivity contribution in [2.24, 2.45) is 11.1 Å². The van der Waals surface area contributed by atoms with Gasteiger partial charge in [0.15, 0.2) is 0 Å². The molecule has 0 saturated carbocycles. The van der Waals surface area contributed by atoms with Crippen LogP contribution in [0.15, 0.2) is 54.6 Å². The van der Waals surface area contributed by atoms with Gasteiger partial charge in [0, 0.05) is 29.4 Å². The molecule has 1 heterocycles. The summed E-state index contributed by atoms with van der Waals surface area (Å²) in [7, 11) is 1.40. The molecule has 1 atom stereocenters. The van der Waals surface area contributed by atoms with E-state index in [0.29, 0.717) is 12.2 Å². The molecule has 3 rings (SSSR count). The Kier molecular flexibility index (Phi) is 8.82. The summed E-state index contributed by atoms with van der Waals surface area (Å²) in [6.45, 7) is 5.63. The number of hydrogen-bond acceptors (Lipinski definition) is 7. The van der Waals surface area contributed by atoms with Gasteiger partial charge in [-0.05, 0) is 46.9 Å². The summed E-state index contributed by atoms with van der Waals surface area (Å²) in [6.07, 6.45) is 0. The second-order valence-corrected chi connectivity index (χ2v) is 9.75. The first kappa shape index (κ1) is 28.3. The first-order valence-electron chi connectivity index (χ1n) is 11.9. The summed E-state index contributed by atoms with van der Waals surface area (Å²) in [4.78, 5) is 42.7. The third-order valence-corrected chi connectivity index (χ3v) is 6.05. The van der Waals surface area contributed by atoms with Crippen LogP contribution < -0.4 is 21.1 Å². The molecule has 200 valence electrons. The molecular formula is C28H32N4O6. The predicted octanol–water partition coefficient (Wildman–Crippen LogP) is 3.30. The smallest absolute Gasteiger partial charge is 0.336 e. The fourth-order valence-electron chi connectivity index (χ4n) is 3.79. The largest absolute Gasteiger partial charge is 0.481 e. The molecule has 0 radical (unpaired) electrons. The van der Waals surface area contributed by atoms with Gasteiger partial charge in [-0.3, -0.25) is 9.59 Å². The number of carbonyl (C=O) groups excluding carboxylic acids is 2. The number of aliphatic hydroxyl groups excluding tert-OH is 1. The lowest BCUT2D eigenvalue weighted by Crippen LogP contribution is -2.46. The van der Waals surface area contributed by atoms with Gasteiger partial charge in [0.25, 0.3) is 11.8 Å². The van der Waals surface area contributed by atoms with Crippen LogP contribution in [0.25, 0.3) is 11.1 Å². The molecular weight excluding hydrogens is 488 g/mol. The maximum Gasteiger partial charge on any atom is 0.336 e. The Morgan fingerprint density at radius 1 is 1.03 bits per heavy atom. The number of anilines is 1. The zero-order chi connectivity index (χ0) is 28.0. The number of aliphatic hydroxyl groups is 1. The molecule has 0 fully saturated rings. The summed E-state index contributed by atoms with van der Waals surface area (Å²) in [5.74, 6) is -2.23. The van der Waals surface area contributed by atoms with Gasteiger partial charge in [0.1, 0.15) is 5.69 Å². The number of aromatic carboxylic acids is 1. The van der Waals surface area contributed by atoms with Gasteiger partial charge in [-0.1, -0.05) is 39.0 Å². The number of hydrogen-bond donors (Lipinski definition) is 5. The molecule has 0 aliphatic heterocycles. The molecule has 1 unspecified atom stereocenters. The number of amides is 2. The van der Waals surface area contributed by atoms with Crippen LogP contribution in [0, 0.1) is 5.41 Å². The van der Waals surface area contributed by atoms with Gasteiger partial charge >= 0.3 is 5.97 Å². The third-order valence-electron chi connectivity index (χ3n) is 6.05. The summed E-state index contributed by atoms with van der Waals surface area (Å²) >= 11 is 0. The van der Waals surface area contributed by atoms with Gasteiger partial charge in [0.2, 0.25) is 5.88 Å². The molecule has 0 saturated heterocycles. The number of benzene rings is 2. The van der Waals surface area contributed by atoms with Crippen molar-refractivity contribution in [1.29, 1.82) is 0 Å². The van der Waals surface area contributed by atoms with Crippen molar-refractivity contribution >= 4 is 23.5 Å². The van der Waals surface area contributed by atoms with Crippen LogP contribution in [0.5, 0.6) is 5.88 Å². The average Bonchev–Trinajstić information content (AvgIpc) is 2.90. The molecule has 10 nitrogen and oxygen atoms in total. The summed E-state index contributed by atoms with van der Waals surface area (Å²) in [5.41, 5.74) is 6.87. The lowest BCUT2D eigenvalue weighted by molar-refractivity contribution is 0.0697. The van der Waals surface area contributed by atoms with Crippen LogP contribution in [0.3, 0.4) is 0 Å². The fraction of sp³-hybridized carbons (Fsp3) is 0.286. The summed E-state index contributed by atoms with van der Waals surface area (Å²) in [5, 5.41) is 25.2. The normalized spacial score (nSPS) is 11.9. The molecule has 10 heteroatoms. The molecule has 0 bridgehead atoms. The van der Waals surface area contributed by atoms with E-state index in [1.165, 1.54) is 31.4 Å². The van der Waals surface area contributed by atoms with E-state index in [4.69, 9.17) is 10.5 Å². The number of nitrogens with zero attached hydrogens (tertiary/aromatic N) is 1. The Morgan fingerprint density at radius 2 is 1.74 bits per heavy atom. The van der Waals surface area contributed by atoms with Crippen molar-refractivity contribution in [1.82, 2.24) is 10.3 Å². The average molecular weight is 521 g/mol. The van der Waals surface area contributed by atoms with Crippen molar-refractivity contribution in [3.8, 4) is 17.0 Å². The Morgan fingerprint density at radius 3 is 2.34 bits per heavy atom.